The minimum atomic E-state index is -1.88. The van der Waals surface area contributed by atoms with E-state index in [2.05, 4.69) is 34.6 Å². The maximum atomic E-state index is 6.24. The first-order chi connectivity index (χ1) is 7.64. The van der Waals surface area contributed by atoms with Gasteiger partial charge in [0.2, 0.25) is 0 Å². The van der Waals surface area contributed by atoms with Crippen LogP contribution < -0.4 is 0 Å². The van der Waals surface area contributed by atoms with E-state index in [1.807, 2.05) is 0 Å². The van der Waals surface area contributed by atoms with Gasteiger partial charge < -0.3 is 8.85 Å². The van der Waals surface area contributed by atoms with Gasteiger partial charge in [-0.1, -0.05) is 40.5 Å². The van der Waals surface area contributed by atoms with Crippen molar-refractivity contribution in [2.24, 2.45) is 0 Å². The maximum absolute atomic E-state index is 6.24. The van der Waals surface area contributed by atoms with Gasteiger partial charge in [-0.05, 0) is 31.9 Å². The lowest BCUT2D eigenvalue weighted by Gasteiger charge is -2.32. The van der Waals surface area contributed by atoms with E-state index in [-0.39, 0.29) is 0 Å². The summed E-state index contributed by atoms with van der Waals surface area (Å²) in [5.41, 5.74) is 0. The van der Waals surface area contributed by atoms with Gasteiger partial charge in [0.25, 0.3) is 0 Å². The summed E-state index contributed by atoms with van der Waals surface area (Å²) in [5, 5.41) is 0. The molecule has 98 valence electrons. The van der Waals surface area contributed by atoms with Gasteiger partial charge in [0.1, 0.15) is 0 Å². The van der Waals surface area contributed by atoms with Crippen LogP contribution in [0.3, 0.4) is 0 Å². The Labute approximate surface area is 103 Å². The van der Waals surface area contributed by atoms with Crippen LogP contribution in [-0.2, 0) is 8.85 Å². The molecule has 0 aliphatic carbocycles. The second-order valence-electron chi connectivity index (χ2n) is 4.54. The predicted molar refractivity (Wildman–Crippen MR) is 73.0 cm³/mol. The normalized spacial score (nSPS) is 14.1. The summed E-state index contributed by atoms with van der Waals surface area (Å²) in [5.74, 6) is 0. The van der Waals surface area contributed by atoms with Crippen LogP contribution in [0.15, 0.2) is 0 Å². The first-order valence-corrected chi connectivity index (χ1v) is 9.18. The van der Waals surface area contributed by atoms with Gasteiger partial charge in [-0.25, -0.2) is 0 Å². The number of rotatable bonds is 10. The van der Waals surface area contributed by atoms with Gasteiger partial charge in [-0.3, -0.25) is 0 Å². The zero-order valence-electron chi connectivity index (χ0n) is 11.8. The SMILES string of the molecule is CCCCO[Si](CC)(CC)OC(C)CCC. The first kappa shape index (κ1) is 16.1. The molecule has 0 aliphatic rings. The predicted octanol–water partition coefficient (Wildman–Crippen LogP) is 4.49. The van der Waals surface area contributed by atoms with Crippen LogP contribution in [0.25, 0.3) is 0 Å². The average molecular weight is 246 g/mol. The van der Waals surface area contributed by atoms with Crippen LogP contribution in [0.4, 0.5) is 0 Å². The number of hydrogen-bond donors (Lipinski definition) is 0. The second-order valence-corrected chi connectivity index (χ2v) is 8.30. The molecule has 0 N–H and O–H groups in total. The molecule has 0 radical (unpaired) electrons. The Morgan fingerprint density at radius 2 is 1.62 bits per heavy atom. The summed E-state index contributed by atoms with van der Waals surface area (Å²) in [4.78, 5) is 0. The first-order valence-electron chi connectivity index (χ1n) is 6.95. The highest BCUT2D eigenvalue weighted by Gasteiger charge is 2.34. The van der Waals surface area contributed by atoms with Crippen molar-refractivity contribution in [3.63, 3.8) is 0 Å². The molecule has 0 saturated carbocycles. The van der Waals surface area contributed by atoms with E-state index in [1.54, 1.807) is 0 Å². The Balaban J connectivity index is 4.19. The van der Waals surface area contributed by atoms with Crippen molar-refractivity contribution in [1.82, 2.24) is 0 Å². The molecular formula is C13H30O2Si. The van der Waals surface area contributed by atoms with E-state index in [0.29, 0.717) is 6.10 Å². The van der Waals surface area contributed by atoms with E-state index >= 15 is 0 Å². The molecule has 1 unspecified atom stereocenters. The van der Waals surface area contributed by atoms with Crippen molar-refractivity contribution >= 4 is 8.56 Å². The van der Waals surface area contributed by atoms with Crippen molar-refractivity contribution in [2.75, 3.05) is 6.61 Å². The van der Waals surface area contributed by atoms with E-state index < -0.39 is 8.56 Å². The van der Waals surface area contributed by atoms with Crippen LogP contribution >= 0.6 is 0 Å². The minimum Gasteiger partial charge on any atom is -0.394 e. The molecule has 1 atom stereocenters. The van der Waals surface area contributed by atoms with Crippen molar-refractivity contribution in [3.8, 4) is 0 Å². The molecular weight excluding hydrogens is 216 g/mol. The van der Waals surface area contributed by atoms with Crippen LogP contribution in [0.2, 0.25) is 12.1 Å². The fourth-order valence-electron chi connectivity index (χ4n) is 1.89. The average Bonchev–Trinajstić information content (AvgIpc) is 2.28. The molecule has 0 fully saturated rings. The molecule has 0 aliphatic heterocycles. The van der Waals surface area contributed by atoms with Gasteiger partial charge in [0, 0.05) is 12.7 Å². The van der Waals surface area contributed by atoms with Crippen LogP contribution in [0, 0.1) is 0 Å². The largest absolute Gasteiger partial charge is 0.394 e. The summed E-state index contributed by atoms with van der Waals surface area (Å²) in [6.07, 6.45) is 5.04. The topological polar surface area (TPSA) is 18.5 Å². The summed E-state index contributed by atoms with van der Waals surface area (Å²) >= 11 is 0. The molecule has 3 heteroatoms. The molecule has 0 aromatic heterocycles. The van der Waals surface area contributed by atoms with Gasteiger partial charge in [-0.2, -0.15) is 0 Å². The molecule has 0 saturated heterocycles. The molecule has 0 heterocycles. The molecule has 0 spiro atoms. The Hall–Kier alpha value is 0.137. The third-order valence-electron chi connectivity index (χ3n) is 3.05. The van der Waals surface area contributed by atoms with Crippen molar-refractivity contribution in [3.05, 3.63) is 0 Å². The molecule has 0 amide bonds. The van der Waals surface area contributed by atoms with E-state index in [4.69, 9.17) is 8.85 Å². The zero-order valence-corrected chi connectivity index (χ0v) is 12.8. The highest BCUT2D eigenvalue weighted by atomic mass is 28.4. The Morgan fingerprint density at radius 3 is 2.06 bits per heavy atom. The number of hydrogen-bond acceptors (Lipinski definition) is 2. The summed E-state index contributed by atoms with van der Waals surface area (Å²) in [7, 11) is -1.88. The second kappa shape index (κ2) is 9.20. The van der Waals surface area contributed by atoms with Gasteiger partial charge >= 0.3 is 8.56 Å². The third kappa shape index (κ3) is 6.02. The minimum absolute atomic E-state index is 0.359. The highest BCUT2D eigenvalue weighted by Crippen LogP contribution is 2.22. The summed E-state index contributed by atoms with van der Waals surface area (Å²) in [6.45, 7) is 11.9. The Morgan fingerprint density at radius 1 is 1.00 bits per heavy atom. The molecule has 0 bridgehead atoms. The fourth-order valence-corrected chi connectivity index (χ4v) is 4.57. The highest BCUT2D eigenvalue weighted by molar-refractivity contribution is 6.67. The van der Waals surface area contributed by atoms with Crippen molar-refractivity contribution < 1.29 is 8.85 Å². The fraction of sp³-hybridized carbons (Fsp3) is 1.00. The Kier molecular flexibility index (Phi) is 9.28. The van der Waals surface area contributed by atoms with Gasteiger partial charge in [0.05, 0.1) is 0 Å². The monoisotopic (exact) mass is 246 g/mol. The molecule has 0 aromatic rings. The zero-order chi connectivity index (χ0) is 12.4. The number of unbranched alkanes of at least 4 members (excludes halogenated alkanes) is 1. The molecule has 0 rings (SSSR count). The summed E-state index contributed by atoms with van der Waals surface area (Å²) in [6, 6.07) is 2.14. The molecule has 0 aromatic carbocycles. The lowest BCUT2D eigenvalue weighted by Crippen LogP contribution is -2.43. The molecule has 16 heavy (non-hydrogen) atoms. The Bertz CT molecular complexity index is 158. The van der Waals surface area contributed by atoms with E-state index in [0.717, 1.165) is 31.5 Å². The van der Waals surface area contributed by atoms with Gasteiger partial charge in [-0.15, -0.1) is 0 Å². The van der Waals surface area contributed by atoms with E-state index in [1.165, 1.54) is 12.8 Å². The van der Waals surface area contributed by atoms with Crippen LogP contribution in [-0.4, -0.2) is 21.3 Å². The lowest BCUT2D eigenvalue weighted by atomic mass is 10.2. The van der Waals surface area contributed by atoms with E-state index in [9.17, 15) is 0 Å². The quantitative estimate of drug-likeness (QED) is 0.418. The van der Waals surface area contributed by atoms with Crippen molar-refractivity contribution in [2.45, 2.75) is 78.5 Å². The maximum Gasteiger partial charge on any atom is 0.337 e. The standard InChI is InChI=1S/C13H30O2Si/c1-6-10-12-14-16(8-3,9-4)15-13(5)11-7-2/h13H,6-12H2,1-5H3. The van der Waals surface area contributed by atoms with Crippen LogP contribution in [0.1, 0.15) is 60.3 Å². The smallest absolute Gasteiger partial charge is 0.337 e. The third-order valence-corrected chi connectivity index (χ3v) is 6.77. The molecule has 2 nitrogen and oxygen atoms in total. The van der Waals surface area contributed by atoms with Gasteiger partial charge in [0.15, 0.2) is 0 Å². The van der Waals surface area contributed by atoms with Crippen molar-refractivity contribution in [1.29, 1.82) is 0 Å². The van der Waals surface area contributed by atoms with Crippen LogP contribution in [0.5, 0.6) is 0 Å². The summed E-state index contributed by atoms with van der Waals surface area (Å²) < 4.78 is 12.3. The lowest BCUT2D eigenvalue weighted by molar-refractivity contribution is 0.116.